The van der Waals surface area contributed by atoms with Gasteiger partial charge < -0.3 is 10.1 Å². The SMILES string of the molecule is COCCNc1ccccc1S(=O)(=O)NC(C)C. The van der Waals surface area contributed by atoms with E-state index in [-0.39, 0.29) is 10.9 Å². The van der Waals surface area contributed by atoms with Crippen molar-refractivity contribution in [2.24, 2.45) is 0 Å². The molecule has 0 fully saturated rings. The van der Waals surface area contributed by atoms with E-state index in [0.717, 1.165) is 0 Å². The van der Waals surface area contributed by atoms with E-state index in [1.54, 1.807) is 45.2 Å². The summed E-state index contributed by atoms with van der Waals surface area (Å²) in [6.07, 6.45) is 0. The molecular formula is C12H20N2O3S. The van der Waals surface area contributed by atoms with Crippen molar-refractivity contribution < 1.29 is 13.2 Å². The minimum absolute atomic E-state index is 0.137. The highest BCUT2D eigenvalue weighted by Crippen LogP contribution is 2.20. The van der Waals surface area contributed by atoms with Gasteiger partial charge in [0.05, 0.1) is 12.3 Å². The van der Waals surface area contributed by atoms with Crippen LogP contribution >= 0.6 is 0 Å². The monoisotopic (exact) mass is 272 g/mol. The van der Waals surface area contributed by atoms with Crippen LogP contribution in [0.5, 0.6) is 0 Å². The highest BCUT2D eigenvalue weighted by Gasteiger charge is 2.18. The Kier molecular flexibility index (Phi) is 5.58. The predicted molar refractivity (Wildman–Crippen MR) is 72.3 cm³/mol. The first-order chi connectivity index (χ1) is 8.47. The third-order valence-corrected chi connectivity index (χ3v) is 3.91. The molecule has 0 heterocycles. The Bertz CT molecular complexity index is 472. The van der Waals surface area contributed by atoms with E-state index in [1.807, 2.05) is 0 Å². The van der Waals surface area contributed by atoms with Gasteiger partial charge in [-0.15, -0.1) is 0 Å². The molecule has 0 aliphatic carbocycles. The molecule has 0 saturated heterocycles. The molecule has 1 aromatic carbocycles. The van der Waals surface area contributed by atoms with Crippen LogP contribution in [-0.2, 0) is 14.8 Å². The van der Waals surface area contributed by atoms with Gasteiger partial charge in [0.15, 0.2) is 0 Å². The van der Waals surface area contributed by atoms with Crippen LogP contribution < -0.4 is 10.0 Å². The molecule has 0 unspecified atom stereocenters. The van der Waals surface area contributed by atoms with Crippen molar-refractivity contribution in [2.45, 2.75) is 24.8 Å². The van der Waals surface area contributed by atoms with E-state index in [0.29, 0.717) is 18.8 Å². The highest BCUT2D eigenvalue weighted by molar-refractivity contribution is 7.89. The molecule has 0 atom stereocenters. The smallest absolute Gasteiger partial charge is 0.242 e. The van der Waals surface area contributed by atoms with E-state index in [4.69, 9.17) is 4.74 Å². The second kappa shape index (κ2) is 6.72. The molecule has 0 radical (unpaired) electrons. The van der Waals surface area contributed by atoms with E-state index in [2.05, 4.69) is 10.0 Å². The number of rotatable bonds is 7. The minimum Gasteiger partial charge on any atom is -0.383 e. The number of hydrogen-bond donors (Lipinski definition) is 2. The molecule has 102 valence electrons. The maximum absolute atomic E-state index is 12.1. The van der Waals surface area contributed by atoms with Crippen LogP contribution in [0.4, 0.5) is 5.69 Å². The molecule has 1 rings (SSSR count). The Morgan fingerprint density at radius 2 is 1.94 bits per heavy atom. The number of ether oxygens (including phenoxy) is 1. The molecule has 0 saturated carbocycles. The lowest BCUT2D eigenvalue weighted by Gasteiger charge is -2.14. The van der Waals surface area contributed by atoms with Crippen molar-refractivity contribution in [1.29, 1.82) is 0 Å². The van der Waals surface area contributed by atoms with Gasteiger partial charge in [0.1, 0.15) is 4.90 Å². The summed E-state index contributed by atoms with van der Waals surface area (Å²) < 4.78 is 31.7. The summed E-state index contributed by atoms with van der Waals surface area (Å²) in [6, 6.07) is 6.69. The molecular weight excluding hydrogens is 252 g/mol. The summed E-state index contributed by atoms with van der Waals surface area (Å²) in [7, 11) is -1.88. The van der Waals surface area contributed by atoms with Gasteiger partial charge in [-0.3, -0.25) is 0 Å². The van der Waals surface area contributed by atoms with Crippen molar-refractivity contribution in [3.63, 3.8) is 0 Å². The third kappa shape index (κ3) is 4.29. The second-order valence-electron chi connectivity index (χ2n) is 4.19. The number of methoxy groups -OCH3 is 1. The molecule has 0 spiro atoms. The predicted octanol–water partition coefficient (Wildman–Crippen LogP) is 1.43. The summed E-state index contributed by atoms with van der Waals surface area (Å²) in [4.78, 5) is 0.259. The Hall–Kier alpha value is -1.11. The van der Waals surface area contributed by atoms with Crippen LogP contribution in [0.25, 0.3) is 0 Å². The quantitative estimate of drug-likeness (QED) is 0.737. The Balaban J connectivity index is 2.94. The van der Waals surface area contributed by atoms with Crippen LogP contribution in [0.1, 0.15) is 13.8 Å². The second-order valence-corrected chi connectivity index (χ2v) is 5.87. The van der Waals surface area contributed by atoms with Crippen molar-refractivity contribution in [2.75, 3.05) is 25.6 Å². The molecule has 18 heavy (non-hydrogen) atoms. The lowest BCUT2D eigenvalue weighted by atomic mass is 10.3. The van der Waals surface area contributed by atoms with Crippen molar-refractivity contribution >= 4 is 15.7 Å². The van der Waals surface area contributed by atoms with Gasteiger partial charge in [0.2, 0.25) is 10.0 Å². The van der Waals surface area contributed by atoms with Gasteiger partial charge >= 0.3 is 0 Å². The maximum atomic E-state index is 12.1. The van der Waals surface area contributed by atoms with E-state index >= 15 is 0 Å². The number of para-hydroxylation sites is 1. The van der Waals surface area contributed by atoms with Gasteiger partial charge in [-0.1, -0.05) is 12.1 Å². The van der Waals surface area contributed by atoms with Gasteiger partial charge in [0.25, 0.3) is 0 Å². The normalized spacial score (nSPS) is 11.8. The number of hydrogen-bond acceptors (Lipinski definition) is 4. The molecule has 0 aliphatic heterocycles. The molecule has 6 heteroatoms. The molecule has 0 aromatic heterocycles. The lowest BCUT2D eigenvalue weighted by Crippen LogP contribution is -2.30. The number of nitrogens with one attached hydrogen (secondary N) is 2. The lowest BCUT2D eigenvalue weighted by molar-refractivity contribution is 0.210. The third-order valence-electron chi connectivity index (χ3n) is 2.19. The van der Waals surface area contributed by atoms with Crippen molar-refractivity contribution in [3.8, 4) is 0 Å². The Morgan fingerprint density at radius 3 is 2.56 bits per heavy atom. The van der Waals surface area contributed by atoms with Crippen LogP contribution in [0.3, 0.4) is 0 Å². The molecule has 1 aromatic rings. The van der Waals surface area contributed by atoms with E-state index in [1.165, 1.54) is 0 Å². The summed E-state index contributed by atoms with van der Waals surface area (Å²) >= 11 is 0. The highest BCUT2D eigenvalue weighted by atomic mass is 32.2. The van der Waals surface area contributed by atoms with Gasteiger partial charge in [-0.05, 0) is 26.0 Å². The Morgan fingerprint density at radius 1 is 1.28 bits per heavy atom. The molecule has 5 nitrogen and oxygen atoms in total. The molecule has 0 aliphatic rings. The summed E-state index contributed by atoms with van der Waals surface area (Å²) in [6.45, 7) is 4.66. The zero-order chi connectivity index (χ0) is 13.6. The van der Waals surface area contributed by atoms with Gasteiger partial charge in [-0.2, -0.15) is 0 Å². The fraction of sp³-hybridized carbons (Fsp3) is 0.500. The number of anilines is 1. The van der Waals surface area contributed by atoms with Crippen LogP contribution in [0.2, 0.25) is 0 Å². The van der Waals surface area contributed by atoms with Gasteiger partial charge in [-0.25, -0.2) is 13.1 Å². The molecule has 2 N–H and O–H groups in total. The number of benzene rings is 1. The summed E-state index contributed by atoms with van der Waals surface area (Å²) in [5.74, 6) is 0. The largest absolute Gasteiger partial charge is 0.383 e. The maximum Gasteiger partial charge on any atom is 0.242 e. The van der Waals surface area contributed by atoms with Crippen molar-refractivity contribution in [3.05, 3.63) is 24.3 Å². The summed E-state index contributed by atoms with van der Waals surface area (Å²) in [5, 5.41) is 3.05. The molecule has 0 bridgehead atoms. The topological polar surface area (TPSA) is 67.4 Å². The van der Waals surface area contributed by atoms with Crippen LogP contribution in [0, 0.1) is 0 Å². The first kappa shape index (κ1) is 14.9. The van der Waals surface area contributed by atoms with E-state index in [9.17, 15) is 8.42 Å². The molecule has 0 amide bonds. The van der Waals surface area contributed by atoms with Crippen molar-refractivity contribution in [1.82, 2.24) is 4.72 Å². The summed E-state index contributed by atoms with van der Waals surface area (Å²) in [5.41, 5.74) is 0.586. The van der Waals surface area contributed by atoms with Crippen LogP contribution in [0.15, 0.2) is 29.2 Å². The average Bonchev–Trinajstić information content (AvgIpc) is 2.28. The zero-order valence-electron chi connectivity index (χ0n) is 10.9. The standard InChI is InChI=1S/C12H20N2O3S/c1-10(2)14-18(15,16)12-7-5-4-6-11(12)13-8-9-17-3/h4-7,10,13-14H,8-9H2,1-3H3. The zero-order valence-corrected chi connectivity index (χ0v) is 11.8. The number of sulfonamides is 1. The fourth-order valence-electron chi connectivity index (χ4n) is 1.51. The van der Waals surface area contributed by atoms with E-state index < -0.39 is 10.0 Å². The van der Waals surface area contributed by atoms with Crippen LogP contribution in [-0.4, -0.2) is 34.7 Å². The fourth-order valence-corrected chi connectivity index (χ4v) is 2.94. The average molecular weight is 272 g/mol. The minimum atomic E-state index is -3.48. The first-order valence-electron chi connectivity index (χ1n) is 5.81. The first-order valence-corrected chi connectivity index (χ1v) is 7.30. The van der Waals surface area contributed by atoms with Gasteiger partial charge in [0, 0.05) is 19.7 Å². The Labute approximate surface area is 109 Å².